The van der Waals surface area contributed by atoms with Gasteiger partial charge in [-0.15, -0.1) is 0 Å². The summed E-state index contributed by atoms with van der Waals surface area (Å²) in [6, 6.07) is 82.4. The van der Waals surface area contributed by atoms with Crippen LogP contribution in [-0.2, 0) is 19.3 Å². The molecule has 2 heteroatoms. The van der Waals surface area contributed by atoms with Gasteiger partial charge in [0.2, 0.25) is 0 Å². The van der Waals surface area contributed by atoms with E-state index in [9.17, 15) is 0 Å². The van der Waals surface area contributed by atoms with Gasteiger partial charge in [-0.25, -0.2) is 0 Å². The minimum Gasteiger partial charge on any atom is -0.310 e. The molecule has 0 amide bonds. The molecule has 1 aliphatic carbocycles. The van der Waals surface area contributed by atoms with Crippen molar-refractivity contribution in [3.8, 4) is 33.4 Å². The summed E-state index contributed by atoms with van der Waals surface area (Å²) in [5.74, 6) is 0. The van der Waals surface area contributed by atoms with E-state index in [2.05, 4.69) is 240 Å². The zero-order valence-electron chi connectivity index (χ0n) is 39.1. The average molecular weight is 895 g/mol. The first kappa shape index (κ1) is 40.6. The second kappa shape index (κ2) is 16.6. The molecule has 14 rings (SSSR count). The summed E-state index contributed by atoms with van der Waals surface area (Å²) < 4.78 is 0. The molecule has 3 aliphatic rings. The van der Waals surface area contributed by atoms with Crippen LogP contribution in [0.25, 0.3) is 76.5 Å². The van der Waals surface area contributed by atoms with Crippen molar-refractivity contribution in [1.29, 1.82) is 0 Å². The van der Waals surface area contributed by atoms with Crippen LogP contribution in [0.15, 0.2) is 242 Å². The lowest BCUT2D eigenvalue weighted by atomic mass is 9.82. The van der Waals surface area contributed by atoms with Crippen LogP contribution in [0.3, 0.4) is 0 Å². The highest BCUT2D eigenvalue weighted by Crippen LogP contribution is 2.52. The highest BCUT2D eigenvalue weighted by atomic mass is 15.2. The number of anilines is 5. The molecular weight excluding hydrogens is 845 g/mol. The van der Waals surface area contributed by atoms with Crippen molar-refractivity contribution < 1.29 is 0 Å². The van der Waals surface area contributed by atoms with Gasteiger partial charge in [0.05, 0.1) is 0 Å². The van der Waals surface area contributed by atoms with Crippen molar-refractivity contribution in [2.75, 3.05) is 9.80 Å². The Morgan fingerprint density at radius 3 is 1.60 bits per heavy atom. The SMILES string of the molecule is C1=CC2=C(CC1)CCc1ccccc1N2c1ccc2c(-c3ccc4ccccc4c3)c3cc(N4c5ccccc5CCc5ccccc54)ccc3c(-c3ccccc3-c3cccc4ccccc34)c2c1. The van der Waals surface area contributed by atoms with E-state index in [1.165, 1.54) is 122 Å². The Morgan fingerprint density at radius 2 is 0.857 bits per heavy atom. The molecule has 70 heavy (non-hydrogen) atoms. The Bertz CT molecular complexity index is 3930. The number of fused-ring (bicyclic) bond motifs is 7. The highest BCUT2D eigenvalue weighted by Gasteiger charge is 2.28. The zero-order valence-corrected chi connectivity index (χ0v) is 39.1. The molecule has 0 spiro atoms. The van der Waals surface area contributed by atoms with Crippen molar-refractivity contribution in [1.82, 2.24) is 0 Å². The summed E-state index contributed by atoms with van der Waals surface area (Å²) in [6.45, 7) is 0. The van der Waals surface area contributed by atoms with Crippen LogP contribution in [-0.4, -0.2) is 0 Å². The summed E-state index contributed by atoms with van der Waals surface area (Å²) in [6.07, 6.45) is 11.1. The Balaban J connectivity index is 1.13. The second-order valence-electron chi connectivity index (χ2n) is 19.3. The van der Waals surface area contributed by atoms with Gasteiger partial charge in [-0.05, 0) is 192 Å². The highest BCUT2D eigenvalue weighted by molar-refractivity contribution is 6.24. The molecule has 11 aromatic rings. The first-order chi connectivity index (χ1) is 34.7. The maximum Gasteiger partial charge on any atom is 0.0493 e. The minimum absolute atomic E-state index is 0.997. The van der Waals surface area contributed by atoms with E-state index >= 15 is 0 Å². The van der Waals surface area contributed by atoms with E-state index in [1.54, 1.807) is 5.57 Å². The van der Waals surface area contributed by atoms with Gasteiger partial charge >= 0.3 is 0 Å². The molecule has 2 aliphatic heterocycles. The smallest absolute Gasteiger partial charge is 0.0493 e. The molecule has 0 saturated heterocycles. The number of rotatable bonds is 5. The number of benzene rings is 11. The predicted octanol–water partition coefficient (Wildman–Crippen LogP) is 18.6. The number of aryl methyl sites for hydroxylation is 3. The zero-order chi connectivity index (χ0) is 46.1. The summed E-state index contributed by atoms with van der Waals surface area (Å²) in [7, 11) is 0. The molecule has 0 aromatic heterocycles. The summed E-state index contributed by atoms with van der Waals surface area (Å²) >= 11 is 0. The number of nitrogens with zero attached hydrogens (tertiary/aromatic N) is 2. The standard InChI is InChI=1S/C68H50N2/c1-2-22-51-42-52(37-32-45(51)16-1)67-59-40-38-54(70-65-30-13-6-20-49(65)35-36-50-21-7-14-31-66(50)70)44-62(59)68(58-26-10-9-25-57(58)56-27-15-23-46-17-3-8-24-55(46)56)60-41-39-53(43-61(60)67)69-63-28-11-4-18-47(63)33-34-48-19-5-12-29-64(48)69/h1-6,8-20,22-32,37-44H,7,21,33-36H2. The lowest BCUT2D eigenvalue weighted by molar-refractivity contribution is 0.833. The van der Waals surface area contributed by atoms with Gasteiger partial charge in [0.15, 0.2) is 0 Å². The third kappa shape index (κ3) is 6.62. The normalized spacial score (nSPS) is 14.3. The third-order valence-corrected chi connectivity index (χ3v) is 15.5. The van der Waals surface area contributed by atoms with Crippen LogP contribution in [0.1, 0.15) is 36.0 Å². The molecule has 2 nitrogen and oxygen atoms in total. The topological polar surface area (TPSA) is 6.48 Å². The summed E-state index contributed by atoms with van der Waals surface area (Å²) in [5, 5.41) is 9.91. The van der Waals surface area contributed by atoms with Crippen LogP contribution >= 0.6 is 0 Å². The fourth-order valence-electron chi connectivity index (χ4n) is 12.2. The van der Waals surface area contributed by atoms with Gasteiger partial charge in [0.1, 0.15) is 0 Å². The van der Waals surface area contributed by atoms with E-state index in [1.807, 2.05) is 0 Å². The Hall–Kier alpha value is -8.46. The third-order valence-electron chi connectivity index (χ3n) is 15.5. The number of para-hydroxylation sites is 3. The molecule has 11 aromatic carbocycles. The average Bonchev–Trinajstić information content (AvgIpc) is 3.70. The van der Waals surface area contributed by atoms with E-state index < -0.39 is 0 Å². The van der Waals surface area contributed by atoms with Gasteiger partial charge in [-0.1, -0.05) is 176 Å². The van der Waals surface area contributed by atoms with Gasteiger partial charge in [-0.3, -0.25) is 0 Å². The molecule has 0 N–H and O–H groups in total. The quantitative estimate of drug-likeness (QED) is 0.159. The van der Waals surface area contributed by atoms with Crippen molar-refractivity contribution in [2.24, 2.45) is 0 Å². The molecule has 0 unspecified atom stereocenters. The molecular formula is C68H50N2. The van der Waals surface area contributed by atoms with Crippen molar-refractivity contribution in [3.63, 3.8) is 0 Å². The van der Waals surface area contributed by atoms with Crippen molar-refractivity contribution in [2.45, 2.75) is 38.5 Å². The minimum atomic E-state index is 0.997. The van der Waals surface area contributed by atoms with E-state index in [-0.39, 0.29) is 0 Å². The molecule has 0 bridgehead atoms. The Kier molecular flexibility index (Phi) is 9.65. The van der Waals surface area contributed by atoms with E-state index in [4.69, 9.17) is 0 Å². The van der Waals surface area contributed by atoms with Gasteiger partial charge in [-0.2, -0.15) is 0 Å². The Labute approximate surface area is 409 Å². The lowest BCUT2D eigenvalue weighted by Crippen LogP contribution is -2.18. The Morgan fingerprint density at radius 1 is 0.314 bits per heavy atom. The van der Waals surface area contributed by atoms with E-state index in [0.717, 1.165) is 44.2 Å². The number of allylic oxidation sites excluding steroid dienone is 3. The van der Waals surface area contributed by atoms with Crippen LogP contribution in [0.5, 0.6) is 0 Å². The van der Waals surface area contributed by atoms with Crippen LogP contribution in [0.2, 0.25) is 0 Å². The maximum absolute atomic E-state index is 2.57. The second-order valence-corrected chi connectivity index (χ2v) is 19.3. The van der Waals surface area contributed by atoms with Gasteiger partial charge in [0, 0.05) is 34.1 Å². The molecule has 0 saturated carbocycles. The number of hydrogen-bond acceptors (Lipinski definition) is 2. The van der Waals surface area contributed by atoms with E-state index in [0.29, 0.717) is 0 Å². The summed E-state index contributed by atoms with van der Waals surface area (Å²) in [5.41, 5.74) is 20.5. The fourth-order valence-corrected chi connectivity index (χ4v) is 12.2. The van der Waals surface area contributed by atoms with Crippen LogP contribution in [0.4, 0.5) is 28.4 Å². The van der Waals surface area contributed by atoms with Crippen molar-refractivity contribution in [3.05, 3.63) is 259 Å². The summed E-state index contributed by atoms with van der Waals surface area (Å²) in [4.78, 5) is 5.10. The monoisotopic (exact) mass is 894 g/mol. The molecule has 2 heterocycles. The largest absolute Gasteiger partial charge is 0.310 e. The first-order valence-electron chi connectivity index (χ1n) is 25.1. The van der Waals surface area contributed by atoms with Gasteiger partial charge in [0.25, 0.3) is 0 Å². The molecule has 0 fully saturated rings. The molecule has 0 atom stereocenters. The molecule has 0 radical (unpaired) electrons. The van der Waals surface area contributed by atoms with Crippen LogP contribution in [0, 0.1) is 0 Å². The maximum atomic E-state index is 2.57. The number of hydrogen-bond donors (Lipinski definition) is 0. The molecule has 332 valence electrons. The van der Waals surface area contributed by atoms with Gasteiger partial charge < -0.3 is 9.80 Å². The lowest BCUT2D eigenvalue weighted by Gasteiger charge is -2.31. The predicted molar refractivity (Wildman–Crippen MR) is 297 cm³/mol. The fraction of sp³-hybridized carbons (Fsp3) is 0.0882. The van der Waals surface area contributed by atoms with Crippen molar-refractivity contribution >= 4 is 71.5 Å². The van der Waals surface area contributed by atoms with Crippen LogP contribution < -0.4 is 9.80 Å². The first-order valence-corrected chi connectivity index (χ1v) is 25.1.